The largest absolute Gasteiger partial charge is 0.345 e. The highest BCUT2D eigenvalue weighted by atomic mass is 16.2. The van der Waals surface area contributed by atoms with Crippen molar-refractivity contribution in [3.63, 3.8) is 0 Å². The molecule has 0 aliphatic heterocycles. The number of hydrogen-bond acceptors (Lipinski definition) is 3. The van der Waals surface area contributed by atoms with Crippen molar-refractivity contribution in [3.05, 3.63) is 16.3 Å². The van der Waals surface area contributed by atoms with Gasteiger partial charge in [0.1, 0.15) is 5.82 Å². The van der Waals surface area contributed by atoms with E-state index >= 15 is 0 Å². The molecule has 23 heavy (non-hydrogen) atoms. The lowest BCUT2D eigenvalue weighted by Gasteiger charge is -2.31. The molecule has 0 spiro atoms. The summed E-state index contributed by atoms with van der Waals surface area (Å²) in [6, 6.07) is 0.106. The molecule has 1 fully saturated rings. The lowest BCUT2D eigenvalue weighted by molar-refractivity contribution is -0.116. The zero-order chi connectivity index (χ0) is 17.0. The SMILES string of the molecule is CC(C)C#CC(=O)N[C@@H]1CCCC[C@@H]1Cc1nn(C)c(=O)n1C. The van der Waals surface area contributed by atoms with Crippen LogP contribution in [0.3, 0.4) is 0 Å². The van der Waals surface area contributed by atoms with Crippen LogP contribution in [0.2, 0.25) is 0 Å². The summed E-state index contributed by atoms with van der Waals surface area (Å²) < 4.78 is 2.95. The summed E-state index contributed by atoms with van der Waals surface area (Å²) >= 11 is 0. The van der Waals surface area contributed by atoms with Crippen molar-refractivity contribution >= 4 is 5.91 Å². The van der Waals surface area contributed by atoms with Crippen molar-refractivity contribution in [3.8, 4) is 11.8 Å². The van der Waals surface area contributed by atoms with Crippen LogP contribution in [0.5, 0.6) is 0 Å². The molecule has 1 aliphatic rings. The zero-order valence-corrected chi connectivity index (χ0v) is 14.4. The van der Waals surface area contributed by atoms with Gasteiger partial charge in [-0.1, -0.05) is 32.6 Å². The summed E-state index contributed by atoms with van der Waals surface area (Å²) in [6.07, 6.45) is 4.96. The second kappa shape index (κ2) is 7.49. The number of amides is 1. The fraction of sp³-hybridized carbons (Fsp3) is 0.706. The summed E-state index contributed by atoms with van der Waals surface area (Å²) in [7, 11) is 3.41. The number of nitrogens with one attached hydrogen (secondary N) is 1. The number of aromatic nitrogens is 3. The Morgan fingerprint density at radius 3 is 2.65 bits per heavy atom. The number of aryl methyl sites for hydroxylation is 1. The molecule has 0 aromatic carbocycles. The molecule has 0 saturated heterocycles. The normalized spacial score (nSPS) is 20.9. The van der Waals surface area contributed by atoms with Crippen molar-refractivity contribution in [2.75, 3.05) is 0 Å². The summed E-state index contributed by atoms with van der Waals surface area (Å²) in [6.45, 7) is 3.93. The van der Waals surface area contributed by atoms with Gasteiger partial charge in [-0.3, -0.25) is 9.36 Å². The molecular formula is C17H26N4O2. The van der Waals surface area contributed by atoms with Gasteiger partial charge in [-0.25, -0.2) is 9.48 Å². The molecule has 126 valence electrons. The van der Waals surface area contributed by atoms with E-state index in [1.54, 1.807) is 18.7 Å². The molecular weight excluding hydrogens is 292 g/mol. The van der Waals surface area contributed by atoms with Crippen LogP contribution < -0.4 is 11.0 Å². The number of carbonyl (C=O) groups excluding carboxylic acids is 1. The molecule has 6 nitrogen and oxygen atoms in total. The predicted molar refractivity (Wildman–Crippen MR) is 88.7 cm³/mol. The van der Waals surface area contributed by atoms with Gasteiger partial charge >= 0.3 is 5.69 Å². The Labute approximate surface area is 137 Å². The van der Waals surface area contributed by atoms with Gasteiger partial charge in [0, 0.05) is 32.5 Å². The van der Waals surface area contributed by atoms with Crippen LogP contribution in [0.1, 0.15) is 45.4 Å². The summed E-state index contributed by atoms with van der Waals surface area (Å²) in [5.41, 5.74) is -0.112. The predicted octanol–water partition coefficient (Wildman–Crippen LogP) is 0.996. The van der Waals surface area contributed by atoms with Crippen LogP contribution in [-0.4, -0.2) is 26.3 Å². The Kier molecular flexibility index (Phi) is 5.64. The minimum atomic E-state index is -0.203. The lowest BCUT2D eigenvalue weighted by Crippen LogP contribution is -2.42. The quantitative estimate of drug-likeness (QED) is 0.845. The topological polar surface area (TPSA) is 68.9 Å². The van der Waals surface area contributed by atoms with Crippen molar-refractivity contribution in [1.82, 2.24) is 19.7 Å². The van der Waals surface area contributed by atoms with Gasteiger partial charge in [-0.05, 0) is 24.7 Å². The maximum absolute atomic E-state index is 12.0. The number of hydrogen-bond donors (Lipinski definition) is 1. The van der Waals surface area contributed by atoms with Crippen LogP contribution in [0.4, 0.5) is 0 Å². The molecule has 2 atom stereocenters. The Hall–Kier alpha value is -2.03. The van der Waals surface area contributed by atoms with Crippen LogP contribution in [-0.2, 0) is 25.3 Å². The van der Waals surface area contributed by atoms with Crippen molar-refractivity contribution in [1.29, 1.82) is 0 Å². The van der Waals surface area contributed by atoms with Crippen molar-refractivity contribution in [2.24, 2.45) is 25.9 Å². The van der Waals surface area contributed by atoms with E-state index in [1.807, 2.05) is 13.8 Å². The fourth-order valence-corrected chi connectivity index (χ4v) is 3.08. The highest BCUT2D eigenvalue weighted by molar-refractivity contribution is 5.93. The first-order chi connectivity index (χ1) is 10.9. The zero-order valence-electron chi connectivity index (χ0n) is 14.4. The Morgan fingerprint density at radius 1 is 1.35 bits per heavy atom. The summed E-state index contributed by atoms with van der Waals surface area (Å²) in [4.78, 5) is 23.8. The van der Waals surface area contributed by atoms with E-state index in [1.165, 1.54) is 4.68 Å². The first-order valence-electron chi connectivity index (χ1n) is 8.29. The van der Waals surface area contributed by atoms with E-state index < -0.39 is 0 Å². The van der Waals surface area contributed by atoms with E-state index in [9.17, 15) is 9.59 Å². The Bertz CT molecular complexity index is 675. The monoisotopic (exact) mass is 318 g/mol. The maximum atomic E-state index is 12.0. The minimum absolute atomic E-state index is 0.106. The van der Waals surface area contributed by atoms with E-state index in [0.717, 1.165) is 31.5 Å². The van der Waals surface area contributed by atoms with E-state index in [-0.39, 0.29) is 23.6 Å². The van der Waals surface area contributed by atoms with E-state index in [4.69, 9.17) is 0 Å². The summed E-state index contributed by atoms with van der Waals surface area (Å²) in [5.74, 6) is 6.62. The molecule has 1 saturated carbocycles. The van der Waals surface area contributed by atoms with Gasteiger partial charge in [-0.15, -0.1) is 0 Å². The van der Waals surface area contributed by atoms with Gasteiger partial charge in [0.2, 0.25) is 0 Å². The second-order valence-corrected chi connectivity index (χ2v) is 6.63. The van der Waals surface area contributed by atoms with Crippen molar-refractivity contribution in [2.45, 2.75) is 52.0 Å². The molecule has 1 aromatic rings. The second-order valence-electron chi connectivity index (χ2n) is 6.63. The average molecular weight is 318 g/mol. The molecule has 1 amide bonds. The molecule has 1 aliphatic carbocycles. The Balaban J connectivity index is 2.06. The van der Waals surface area contributed by atoms with Crippen LogP contribution in [0.15, 0.2) is 4.79 Å². The van der Waals surface area contributed by atoms with Gasteiger partial charge in [0.25, 0.3) is 5.91 Å². The maximum Gasteiger partial charge on any atom is 0.345 e. The van der Waals surface area contributed by atoms with Crippen LogP contribution in [0.25, 0.3) is 0 Å². The molecule has 2 rings (SSSR count). The highest BCUT2D eigenvalue weighted by Crippen LogP contribution is 2.26. The molecule has 1 N–H and O–H groups in total. The average Bonchev–Trinajstić information content (AvgIpc) is 2.74. The fourth-order valence-electron chi connectivity index (χ4n) is 3.08. The third-order valence-electron chi connectivity index (χ3n) is 4.36. The molecule has 6 heteroatoms. The van der Waals surface area contributed by atoms with Gasteiger partial charge in [0.05, 0.1) is 0 Å². The first kappa shape index (κ1) is 17.3. The van der Waals surface area contributed by atoms with Gasteiger partial charge < -0.3 is 5.32 Å². The number of rotatable bonds is 3. The first-order valence-corrected chi connectivity index (χ1v) is 8.29. The minimum Gasteiger partial charge on any atom is -0.342 e. The molecule has 0 unspecified atom stereocenters. The number of nitrogens with zero attached hydrogens (tertiary/aromatic N) is 3. The molecule has 0 bridgehead atoms. The van der Waals surface area contributed by atoms with Crippen LogP contribution in [0, 0.1) is 23.7 Å². The van der Waals surface area contributed by atoms with Gasteiger partial charge in [-0.2, -0.15) is 5.10 Å². The standard InChI is InChI=1S/C17H26N4O2/c1-12(2)9-10-16(22)18-14-8-6-5-7-13(14)11-15-19-21(4)17(23)20(15)3/h12-14H,5-8,11H2,1-4H3,(H,18,22)/t13-,14-/m1/s1. The Morgan fingerprint density at radius 2 is 2.04 bits per heavy atom. The molecule has 0 radical (unpaired) electrons. The smallest absolute Gasteiger partial charge is 0.342 e. The third-order valence-corrected chi connectivity index (χ3v) is 4.36. The lowest BCUT2D eigenvalue weighted by atomic mass is 9.82. The molecule has 1 aromatic heterocycles. The molecule has 1 heterocycles. The van der Waals surface area contributed by atoms with E-state index in [0.29, 0.717) is 12.3 Å². The third kappa shape index (κ3) is 4.47. The van der Waals surface area contributed by atoms with Crippen LogP contribution >= 0.6 is 0 Å². The highest BCUT2D eigenvalue weighted by Gasteiger charge is 2.28. The summed E-state index contributed by atoms with van der Waals surface area (Å²) in [5, 5.41) is 7.35. The van der Waals surface area contributed by atoms with E-state index in [2.05, 4.69) is 22.3 Å². The van der Waals surface area contributed by atoms with Crippen molar-refractivity contribution < 1.29 is 4.79 Å². The van der Waals surface area contributed by atoms with Gasteiger partial charge in [0.15, 0.2) is 0 Å². The number of carbonyl (C=O) groups is 1.